The zero-order valence-corrected chi connectivity index (χ0v) is 10.5. The number of aromatic nitrogens is 2. The van der Waals surface area contributed by atoms with Gasteiger partial charge in [-0.3, -0.25) is 0 Å². The Morgan fingerprint density at radius 2 is 1.76 bits per heavy atom. The lowest BCUT2D eigenvalue weighted by Gasteiger charge is -2.21. The van der Waals surface area contributed by atoms with Crippen LogP contribution < -0.4 is 10.6 Å². The zero-order valence-electron chi connectivity index (χ0n) is 10.5. The molecule has 0 aliphatic carbocycles. The van der Waals surface area contributed by atoms with Crippen LogP contribution in [0.2, 0.25) is 0 Å². The molecule has 0 saturated heterocycles. The number of anilines is 2. The maximum atomic E-state index is 5.95. The lowest BCUT2D eigenvalue weighted by Crippen LogP contribution is -2.24. The molecule has 1 heterocycles. The van der Waals surface area contributed by atoms with Crippen LogP contribution in [0.25, 0.3) is 11.0 Å². The number of nitrogens with two attached hydrogens (primary N) is 1. The molecule has 0 aliphatic rings. The van der Waals surface area contributed by atoms with E-state index in [1.54, 1.807) is 0 Å². The van der Waals surface area contributed by atoms with Crippen LogP contribution in [-0.2, 0) is 0 Å². The second-order valence-corrected chi connectivity index (χ2v) is 4.70. The Kier molecular flexibility index (Phi) is 3.13. The first-order chi connectivity index (χ1) is 8.08. The van der Waals surface area contributed by atoms with Gasteiger partial charge in [0.2, 0.25) is 0 Å². The van der Waals surface area contributed by atoms with Gasteiger partial charge in [-0.05, 0) is 18.1 Å². The predicted molar refractivity (Wildman–Crippen MR) is 72.1 cm³/mol. The minimum atomic E-state index is 0.492. The highest BCUT2D eigenvalue weighted by molar-refractivity contribution is 5.79. The number of hydrogen-bond acceptors (Lipinski definition) is 4. The Labute approximate surface area is 101 Å². The first-order valence-electron chi connectivity index (χ1n) is 5.81. The van der Waals surface area contributed by atoms with E-state index in [2.05, 4.69) is 28.7 Å². The van der Waals surface area contributed by atoms with Crippen LogP contribution in [0.3, 0.4) is 0 Å². The molecule has 1 aromatic heterocycles. The minimum absolute atomic E-state index is 0.492. The van der Waals surface area contributed by atoms with E-state index in [-0.39, 0.29) is 0 Å². The van der Waals surface area contributed by atoms with Gasteiger partial charge < -0.3 is 10.6 Å². The standard InChI is InChI=1S/C13H18N4/c1-9(2)8-17(3)13-12(14)15-10-6-4-5-7-11(10)16-13/h4-7,9H,8H2,1-3H3,(H2,14,15). The molecular formula is C13H18N4. The number of rotatable bonds is 3. The van der Waals surface area contributed by atoms with Gasteiger partial charge in [0.1, 0.15) is 0 Å². The number of para-hydroxylation sites is 2. The highest BCUT2D eigenvalue weighted by Gasteiger charge is 2.11. The third kappa shape index (κ3) is 2.46. The Morgan fingerprint density at radius 1 is 1.18 bits per heavy atom. The maximum Gasteiger partial charge on any atom is 0.171 e. The molecular weight excluding hydrogens is 212 g/mol. The van der Waals surface area contributed by atoms with Crippen LogP contribution in [0.5, 0.6) is 0 Å². The molecule has 90 valence electrons. The summed E-state index contributed by atoms with van der Waals surface area (Å²) in [5.41, 5.74) is 7.67. The number of fused-ring (bicyclic) bond motifs is 1. The summed E-state index contributed by atoms with van der Waals surface area (Å²) in [5.74, 6) is 1.82. The number of hydrogen-bond donors (Lipinski definition) is 1. The van der Waals surface area contributed by atoms with Crippen LogP contribution in [0.1, 0.15) is 13.8 Å². The fourth-order valence-electron chi connectivity index (χ4n) is 1.92. The number of benzene rings is 1. The smallest absolute Gasteiger partial charge is 0.171 e. The van der Waals surface area contributed by atoms with E-state index in [0.717, 1.165) is 23.4 Å². The summed E-state index contributed by atoms with van der Waals surface area (Å²) < 4.78 is 0. The van der Waals surface area contributed by atoms with Gasteiger partial charge in [0.25, 0.3) is 0 Å². The summed E-state index contributed by atoms with van der Waals surface area (Å²) in [6, 6.07) is 7.77. The molecule has 0 saturated carbocycles. The lowest BCUT2D eigenvalue weighted by molar-refractivity contribution is 0.635. The number of nitrogens with zero attached hydrogens (tertiary/aromatic N) is 3. The van der Waals surface area contributed by atoms with Gasteiger partial charge >= 0.3 is 0 Å². The molecule has 0 radical (unpaired) electrons. The summed E-state index contributed by atoms with van der Waals surface area (Å²) in [6.45, 7) is 5.25. The highest BCUT2D eigenvalue weighted by Crippen LogP contribution is 2.21. The van der Waals surface area contributed by atoms with E-state index in [9.17, 15) is 0 Å². The van der Waals surface area contributed by atoms with E-state index in [1.807, 2.05) is 31.3 Å². The van der Waals surface area contributed by atoms with Gasteiger partial charge in [-0.2, -0.15) is 0 Å². The summed E-state index contributed by atoms with van der Waals surface area (Å²) in [5, 5.41) is 0. The summed E-state index contributed by atoms with van der Waals surface area (Å²) in [6.07, 6.45) is 0. The fraction of sp³-hybridized carbons (Fsp3) is 0.385. The van der Waals surface area contributed by atoms with Crippen LogP contribution in [0, 0.1) is 5.92 Å². The monoisotopic (exact) mass is 230 g/mol. The van der Waals surface area contributed by atoms with E-state index in [1.165, 1.54) is 0 Å². The first kappa shape index (κ1) is 11.6. The predicted octanol–water partition coefficient (Wildman–Crippen LogP) is 2.30. The Bertz CT molecular complexity index is 522. The highest BCUT2D eigenvalue weighted by atomic mass is 15.2. The van der Waals surface area contributed by atoms with Crippen molar-refractivity contribution >= 4 is 22.7 Å². The molecule has 4 nitrogen and oxygen atoms in total. The molecule has 2 rings (SSSR count). The topological polar surface area (TPSA) is 55.0 Å². The second-order valence-electron chi connectivity index (χ2n) is 4.70. The molecule has 4 heteroatoms. The Morgan fingerprint density at radius 3 is 2.35 bits per heavy atom. The van der Waals surface area contributed by atoms with E-state index in [4.69, 9.17) is 5.73 Å². The van der Waals surface area contributed by atoms with Crippen LogP contribution in [0.4, 0.5) is 11.6 Å². The first-order valence-corrected chi connectivity index (χ1v) is 5.81. The molecule has 0 spiro atoms. The molecule has 2 N–H and O–H groups in total. The van der Waals surface area contributed by atoms with Crippen molar-refractivity contribution in [3.8, 4) is 0 Å². The van der Waals surface area contributed by atoms with Crippen LogP contribution in [0.15, 0.2) is 24.3 Å². The van der Waals surface area contributed by atoms with Gasteiger partial charge in [0, 0.05) is 13.6 Å². The van der Waals surface area contributed by atoms with Crippen molar-refractivity contribution in [2.24, 2.45) is 5.92 Å². The second kappa shape index (κ2) is 4.57. The van der Waals surface area contributed by atoms with Gasteiger partial charge in [0.05, 0.1) is 11.0 Å². The fourth-order valence-corrected chi connectivity index (χ4v) is 1.92. The van der Waals surface area contributed by atoms with E-state index >= 15 is 0 Å². The van der Waals surface area contributed by atoms with Crippen molar-refractivity contribution in [1.29, 1.82) is 0 Å². The minimum Gasteiger partial charge on any atom is -0.381 e. The molecule has 0 unspecified atom stereocenters. The molecule has 0 bridgehead atoms. The number of nitrogen functional groups attached to an aromatic ring is 1. The maximum absolute atomic E-state index is 5.95. The van der Waals surface area contributed by atoms with Gasteiger partial charge in [-0.15, -0.1) is 0 Å². The molecule has 0 amide bonds. The van der Waals surface area contributed by atoms with Crippen molar-refractivity contribution < 1.29 is 0 Å². The van der Waals surface area contributed by atoms with Crippen molar-refractivity contribution in [3.05, 3.63) is 24.3 Å². The van der Waals surface area contributed by atoms with Gasteiger partial charge in [0.15, 0.2) is 11.6 Å². The Balaban J connectivity index is 2.43. The molecule has 0 fully saturated rings. The third-order valence-electron chi connectivity index (χ3n) is 2.58. The zero-order chi connectivity index (χ0) is 12.4. The van der Waals surface area contributed by atoms with Crippen LogP contribution in [-0.4, -0.2) is 23.6 Å². The third-order valence-corrected chi connectivity index (χ3v) is 2.58. The van der Waals surface area contributed by atoms with Crippen LogP contribution >= 0.6 is 0 Å². The van der Waals surface area contributed by atoms with Gasteiger partial charge in [-0.1, -0.05) is 26.0 Å². The summed E-state index contributed by atoms with van der Waals surface area (Å²) >= 11 is 0. The molecule has 1 aromatic carbocycles. The van der Waals surface area contributed by atoms with Crippen molar-refractivity contribution in [1.82, 2.24) is 9.97 Å². The SMILES string of the molecule is CC(C)CN(C)c1nc2ccccc2nc1N. The van der Waals surface area contributed by atoms with E-state index < -0.39 is 0 Å². The normalized spacial score (nSPS) is 11.1. The molecule has 0 atom stereocenters. The lowest BCUT2D eigenvalue weighted by atomic mass is 10.2. The summed E-state index contributed by atoms with van der Waals surface area (Å²) in [7, 11) is 2.00. The van der Waals surface area contributed by atoms with Crippen molar-refractivity contribution in [3.63, 3.8) is 0 Å². The average Bonchev–Trinajstić information content (AvgIpc) is 2.27. The van der Waals surface area contributed by atoms with Crippen molar-refractivity contribution in [2.45, 2.75) is 13.8 Å². The average molecular weight is 230 g/mol. The van der Waals surface area contributed by atoms with Crippen molar-refractivity contribution in [2.75, 3.05) is 24.2 Å². The summed E-state index contributed by atoms with van der Waals surface area (Å²) in [4.78, 5) is 11.0. The largest absolute Gasteiger partial charge is 0.381 e. The van der Waals surface area contributed by atoms with E-state index in [0.29, 0.717) is 11.7 Å². The Hall–Kier alpha value is -1.84. The van der Waals surface area contributed by atoms with Gasteiger partial charge in [-0.25, -0.2) is 9.97 Å². The molecule has 17 heavy (non-hydrogen) atoms. The molecule has 2 aromatic rings. The quantitative estimate of drug-likeness (QED) is 0.879. The molecule has 0 aliphatic heterocycles.